The minimum absolute atomic E-state index is 0.155. The summed E-state index contributed by atoms with van der Waals surface area (Å²) in [5.74, 6) is -0.423. The van der Waals surface area contributed by atoms with Gasteiger partial charge in [0.15, 0.2) is 0 Å². The van der Waals surface area contributed by atoms with Crippen molar-refractivity contribution in [1.82, 2.24) is 0 Å². The van der Waals surface area contributed by atoms with Crippen LogP contribution in [-0.4, -0.2) is 10.2 Å². The Bertz CT molecular complexity index is 943. The Morgan fingerprint density at radius 2 is 1.19 bits per heavy atom. The lowest BCUT2D eigenvalue weighted by Gasteiger charge is -2.41. The molecule has 1 aliphatic carbocycles. The van der Waals surface area contributed by atoms with Crippen LogP contribution in [0.25, 0.3) is 5.57 Å². The van der Waals surface area contributed by atoms with Crippen LogP contribution in [0, 0.1) is 0 Å². The van der Waals surface area contributed by atoms with E-state index in [2.05, 4.69) is 0 Å². The SMILES string of the molecule is OC1=CC=C(c2ccccc2)C(O)(c2ccccc2)C1c1ccccc1. The van der Waals surface area contributed by atoms with Gasteiger partial charge in [-0.05, 0) is 28.3 Å². The number of hydrogen-bond donors (Lipinski definition) is 2. The lowest BCUT2D eigenvalue weighted by atomic mass is 9.68. The van der Waals surface area contributed by atoms with Gasteiger partial charge in [-0.15, -0.1) is 0 Å². The number of aliphatic hydroxyl groups excluding tert-OH is 1. The first-order chi connectivity index (χ1) is 12.7. The summed E-state index contributed by atoms with van der Waals surface area (Å²) < 4.78 is 0. The molecule has 0 saturated carbocycles. The smallest absolute Gasteiger partial charge is 0.129 e. The van der Waals surface area contributed by atoms with Crippen LogP contribution in [0.2, 0.25) is 0 Å². The van der Waals surface area contributed by atoms with E-state index in [1.165, 1.54) is 0 Å². The average molecular weight is 340 g/mol. The molecule has 2 N–H and O–H groups in total. The van der Waals surface area contributed by atoms with Crippen LogP contribution in [-0.2, 0) is 5.60 Å². The van der Waals surface area contributed by atoms with Gasteiger partial charge in [0.2, 0.25) is 0 Å². The Morgan fingerprint density at radius 1 is 0.654 bits per heavy atom. The zero-order chi connectivity index (χ0) is 18.0. The molecule has 0 amide bonds. The largest absolute Gasteiger partial charge is 0.512 e. The first-order valence-corrected chi connectivity index (χ1v) is 8.71. The van der Waals surface area contributed by atoms with E-state index in [-0.39, 0.29) is 5.76 Å². The fourth-order valence-corrected chi connectivity index (χ4v) is 3.77. The highest BCUT2D eigenvalue weighted by Gasteiger charge is 2.46. The minimum atomic E-state index is -1.37. The van der Waals surface area contributed by atoms with Gasteiger partial charge in [0.25, 0.3) is 0 Å². The molecule has 2 nitrogen and oxygen atoms in total. The quantitative estimate of drug-likeness (QED) is 0.688. The third-order valence-corrected chi connectivity index (χ3v) is 4.98. The third-order valence-electron chi connectivity index (χ3n) is 4.98. The number of hydrogen-bond acceptors (Lipinski definition) is 2. The standard InChI is InChI=1S/C24H20O2/c25-22-17-16-21(18-10-4-1-5-11-18)24(26,20-14-8-3-9-15-20)23(22)19-12-6-2-7-13-19/h1-17,23,25-26H. The maximum Gasteiger partial charge on any atom is 0.129 e. The number of allylic oxidation sites excluding steroid dienone is 2. The normalized spacial score (nSPS) is 22.4. The topological polar surface area (TPSA) is 40.5 Å². The van der Waals surface area contributed by atoms with Crippen LogP contribution in [0.15, 0.2) is 109 Å². The van der Waals surface area contributed by atoms with Gasteiger partial charge < -0.3 is 10.2 Å². The highest BCUT2D eigenvalue weighted by Crippen LogP contribution is 2.51. The third kappa shape index (κ3) is 2.65. The van der Waals surface area contributed by atoms with E-state index >= 15 is 0 Å². The minimum Gasteiger partial charge on any atom is -0.512 e. The van der Waals surface area contributed by atoms with Gasteiger partial charge in [-0.3, -0.25) is 0 Å². The fraction of sp³-hybridized carbons (Fsp3) is 0.0833. The van der Waals surface area contributed by atoms with Crippen molar-refractivity contribution < 1.29 is 10.2 Å². The van der Waals surface area contributed by atoms with Gasteiger partial charge in [-0.25, -0.2) is 0 Å². The van der Waals surface area contributed by atoms with Crippen LogP contribution >= 0.6 is 0 Å². The van der Waals surface area contributed by atoms with Crippen molar-refractivity contribution in [2.75, 3.05) is 0 Å². The first-order valence-electron chi connectivity index (χ1n) is 8.71. The Kier molecular flexibility index (Phi) is 4.19. The zero-order valence-electron chi connectivity index (χ0n) is 14.3. The van der Waals surface area contributed by atoms with Crippen molar-refractivity contribution >= 4 is 5.57 Å². The van der Waals surface area contributed by atoms with Gasteiger partial charge in [0, 0.05) is 0 Å². The molecule has 0 bridgehead atoms. The van der Waals surface area contributed by atoms with E-state index < -0.39 is 11.5 Å². The van der Waals surface area contributed by atoms with Gasteiger partial charge in [0.05, 0.1) is 5.92 Å². The highest BCUT2D eigenvalue weighted by molar-refractivity contribution is 5.78. The summed E-state index contributed by atoms with van der Waals surface area (Å²) in [4.78, 5) is 0. The summed E-state index contributed by atoms with van der Waals surface area (Å²) in [6, 6.07) is 29.1. The monoisotopic (exact) mass is 340 g/mol. The van der Waals surface area contributed by atoms with Crippen molar-refractivity contribution in [2.45, 2.75) is 11.5 Å². The number of aliphatic hydroxyl groups is 2. The van der Waals surface area contributed by atoms with Gasteiger partial charge in [-0.2, -0.15) is 0 Å². The molecule has 3 aromatic carbocycles. The van der Waals surface area contributed by atoms with E-state index in [4.69, 9.17) is 0 Å². The van der Waals surface area contributed by atoms with Crippen LogP contribution in [0.3, 0.4) is 0 Å². The maximum absolute atomic E-state index is 12.1. The molecule has 0 spiro atoms. The summed E-state index contributed by atoms with van der Waals surface area (Å²) in [7, 11) is 0. The second-order valence-electron chi connectivity index (χ2n) is 6.51. The zero-order valence-corrected chi connectivity index (χ0v) is 14.3. The molecule has 2 heteroatoms. The molecule has 2 atom stereocenters. The number of benzene rings is 3. The maximum atomic E-state index is 12.1. The molecule has 26 heavy (non-hydrogen) atoms. The van der Waals surface area contributed by atoms with Crippen molar-refractivity contribution in [2.24, 2.45) is 0 Å². The Morgan fingerprint density at radius 3 is 1.81 bits per heavy atom. The summed E-state index contributed by atoms with van der Waals surface area (Å²) in [6.45, 7) is 0. The molecule has 2 unspecified atom stereocenters. The molecule has 0 radical (unpaired) electrons. The van der Waals surface area contributed by atoms with Crippen LogP contribution in [0.5, 0.6) is 0 Å². The first kappa shape index (κ1) is 16.4. The highest BCUT2D eigenvalue weighted by atomic mass is 16.3. The lowest BCUT2D eigenvalue weighted by molar-refractivity contribution is 0.0635. The second-order valence-corrected chi connectivity index (χ2v) is 6.51. The summed E-state index contributed by atoms with van der Waals surface area (Å²) in [6.07, 6.45) is 3.51. The molecular weight excluding hydrogens is 320 g/mol. The molecule has 0 heterocycles. The second kappa shape index (κ2) is 6.66. The van der Waals surface area contributed by atoms with Gasteiger partial charge in [-0.1, -0.05) is 97.1 Å². The predicted molar refractivity (Wildman–Crippen MR) is 105 cm³/mol. The summed E-state index contributed by atoms with van der Waals surface area (Å²) in [5, 5.41) is 22.8. The van der Waals surface area contributed by atoms with Gasteiger partial charge in [0.1, 0.15) is 11.4 Å². The lowest BCUT2D eigenvalue weighted by Crippen LogP contribution is -2.37. The molecular formula is C24H20O2. The van der Waals surface area contributed by atoms with E-state index in [0.717, 1.165) is 22.3 Å². The molecule has 0 saturated heterocycles. The molecule has 3 aromatic rings. The van der Waals surface area contributed by atoms with Crippen molar-refractivity contribution in [3.63, 3.8) is 0 Å². The van der Waals surface area contributed by atoms with Crippen molar-refractivity contribution in [3.05, 3.63) is 126 Å². The van der Waals surface area contributed by atoms with E-state index in [0.29, 0.717) is 0 Å². The van der Waals surface area contributed by atoms with Crippen molar-refractivity contribution in [3.8, 4) is 0 Å². The predicted octanol–water partition coefficient (Wildman–Crippen LogP) is 5.20. The molecule has 4 rings (SSSR count). The molecule has 1 aliphatic rings. The molecule has 128 valence electrons. The summed E-state index contributed by atoms with van der Waals surface area (Å²) in [5.41, 5.74) is 1.96. The Labute approximate surface area is 153 Å². The fourth-order valence-electron chi connectivity index (χ4n) is 3.77. The molecule has 0 fully saturated rings. The van der Waals surface area contributed by atoms with E-state index in [1.54, 1.807) is 6.08 Å². The van der Waals surface area contributed by atoms with Gasteiger partial charge >= 0.3 is 0 Å². The van der Waals surface area contributed by atoms with Crippen LogP contribution < -0.4 is 0 Å². The summed E-state index contributed by atoms with van der Waals surface area (Å²) >= 11 is 0. The molecule has 0 aromatic heterocycles. The Balaban J connectivity index is 1.97. The molecule has 0 aliphatic heterocycles. The van der Waals surface area contributed by atoms with Crippen molar-refractivity contribution in [1.29, 1.82) is 0 Å². The van der Waals surface area contributed by atoms with E-state index in [1.807, 2.05) is 97.1 Å². The Hall–Kier alpha value is -3.10. The van der Waals surface area contributed by atoms with Crippen LogP contribution in [0.4, 0.5) is 0 Å². The number of rotatable bonds is 3. The average Bonchev–Trinajstić information content (AvgIpc) is 2.70. The van der Waals surface area contributed by atoms with E-state index in [9.17, 15) is 10.2 Å². The van der Waals surface area contributed by atoms with Crippen LogP contribution in [0.1, 0.15) is 22.6 Å².